The molecule has 1 amide bonds. The second kappa shape index (κ2) is 17.7. The number of ether oxygens (including phenoxy) is 4. The van der Waals surface area contributed by atoms with Crippen LogP contribution < -0.4 is 19.3 Å². The van der Waals surface area contributed by atoms with E-state index in [1.165, 1.54) is 6.33 Å². The fourth-order valence-electron chi connectivity index (χ4n) is 7.05. The quantitative estimate of drug-likeness (QED) is 0.0780. The highest BCUT2D eigenvalue weighted by molar-refractivity contribution is 7.33. The minimum absolute atomic E-state index is 0.0295. The van der Waals surface area contributed by atoms with Crippen molar-refractivity contribution < 1.29 is 37.4 Å². The predicted molar refractivity (Wildman–Crippen MR) is 221 cm³/mol. The zero-order valence-corrected chi connectivity index (χ0v) is 33.5. The molecule has 0 aliphatic carbocycles. The number of halogens is 1. The molecular formula is C44H38ClN5O8P+. The summed E-state index contributed by atoms with van der Waals surface area (Å²) in [7, 11) is 0.545. The molecule has 0 spiro atoms. The van der Waals surface area contributed by atoms with Gasteiger partial charge in [-0.15, -0.1) is 4.52 Å². The lowest BCUT2D eigenvalue weighted by Crippen LogP contribution is -2.38. The first-order valence-corrected chi connectivity index (χ1v) is 20.1. The first-order chi connectivity index (χ1) is 28.8. The zero-order valence-electron chi connectivity index (χ0n) is 31.9. The van der Waals surface area contributed by atoms with Gasteiger partial charge in [0.15, 0.2) is 22.7 Å². The molecule has 0 radical (unpaired) electrons. The first-order valence-electron chi connectivity index (χ1n) is 18.6. The molecule has 3 heterocycles. The van der Waals surface area contributed by atoms with Gasteiger partial charge in [-0.05, 0) is 77.4 Å². The third kappa shape index (κ3) is 8.52. The zero-order chi connectivity index (χ0) is 40.8. The number of nitrogens with zero attached hydrogens (tertiary/aromatic N) is 4. The van der Waals surface area contributed by atoms with Crippen LogP contribution in [0.3, 0.4) is 0 Å². The number of nitrogens with one attached hydrogen (secondary N) is 1. The van der Waals surface area contributed by atoms with Crippen LogP contribution in [0.25, 0.3) is 11.2 Å². The molecule has 4 atom stereocenters. The van der Waals surface area contributed by atoms with Gasteiger partial charge in [-0.2, -0.15) is 0 Å². The average Bonchev–Trinajstić information content (AvgIpc) is 3.90. The number of benzene rings is 5. The monoisotopic (exact) mass is 830 g/mol. The van der Waals surface area contributed by atoms with Gasteiger partial charge >= 0.3 is 8.25 Å². The SMILES string of the molecule is COc1ccc(C(OC[C@H]2O[C@@H](n3cnc4c(NC(=O)c5ccccc5)ncnc43)C[C@@H]2O[P+](=O)Oc2ccc(Cl)cc2)(c2ccccc2)c2ccc(OC)cc2)cc1. The number of anilines is 1. The summed E-state index contributed by atoms with van der Waals surface area (Å²) in [5.41, 5.74) is 2.55. The number of rotatable bonds is 15. The predicted octanol–water partition coefficient (Wildman–Crippen LogP) is 9.17. The van der Waals surface area contributed by atoms with E-state index in [9.17, 15) is 9.36 Å². The van der Waals surface area contributed by atoms with Gasteiger partial charge in [-0.3, -0.25) is 9.36 Å². The maximum atomic E-state index is 13.5. The van der Waals surface area contributed by atoms with Crippen LogP contribution in [-0.2, 0) is 24.2 Å². The van der Waals surface area contributed by atoms with Crippen molar-refractivity contribution in [3.8, 4) is 17.2 Å². The van der Waals surface area contributed by atoms with E-state index in [0.29, 0.717) is 39.0 Å². The summed E-state index contributed by atoms with van der Waals surface area (Å²) in [6.07, 6.45) is 0.827. The van der Waals surface area contributed by atoms with Crippen molar-refractivity contribution in [1.29, 1.82) is 0 Å². The van der Waals surface area contributed by atoms with Crippen LogP contribution in [0.2, 0.25) is 5.02 Å². The van der Waals surface area contributed by atoms with E-state index < -0.39 is 32.3 Å². The summed E-state index contributed by atoms with van der Waals surface area (Å²) in [5, 5.41) is 3.35. The molecule has 1 fully saturated rings. The number of methoxy groups -OCH3 is 2. The summed E-state index contributed by atoms with van der Waals surface area (Å²) >= 11 is 6.07. The second-order valence-electron chi connectivity index (χ2n) is 13.5. The Kier molecular flexibility index (Phi) is 11.9. The molecule has 298 valence electrons. The van der Waals surface area contributed by atoms with Crippen molar-refractivity contribution in [2.24, 2.45) is 0 Å². The van der Waals surface area contributed by atoms with Crippen LogP contribution in [0.5, 0.6) is 17.2 Å². The largest absolute Gasteiger partial charge is 0.750 e. The molecule has 13 nitrogen and oxygen atoms in total. The Balaban J connectivity index is 1.14. The van der Waals surface area contributed by atoms with Gasteiger partial charge in [0.2, 0.25) is 0 Å². The highest BCUT2D eigenvalue weighted by Gasteiger charge is 2.47. The minimum Gasteiger partial charge on any atom is -0.497 e. The Labute approximate surface area is 345 Å². The average molecular weight is 831 g/mol. The Morgan fingerprint density at radius 3 is 2.02 bits per heavy atom. The summed E-state index contributed by atoms with van der Waals surface area (Å²) in [4.78, 5) is 26.4. The first kappa shape index (κ1) is 39.6. The Morgan fingerprint density at radius 1 is 0.797 bits per heavy atom. The van der Waals surface area contributed by atoms with E-state index in [1.54, 1.807) is 73.6 Å². The number of hydrogen-bond donors (Lipinski definition) is 1. The fraction of sp³-hybridized carbons (Fsp3) is 0.182. The lowest BCUT2D eigenvalue weighted by Gasteiger charge is -2.37. The lowest BCUT2D eigenvalue weighted by atomic mass is 9.80. The topological polar surface area (TPSA) is 145 Å². The molecule has 2 aromatic heterocycles. The van der Waals surface area contributed by atoms with E-state index in [-0.39, 0.29) is 24.8 Å². The number of imidazole rings is 1. The third-order valence-electron chi connectivity index (χ3n) is 9.97. The molecule has 5 aromatic carbocycles. The molecule has 59 heavy (non-hydrogen) atoms. The molecule has 1 aliphatic rings. The van der Waals surface area contributed by atoms with Gasteiger partial charge in [0, 0.05) is 21.6 Å². The Bertz CT molecular complexity index is 2480. The second-order valence-corrected chi connectivity index (χ2v) is 14.7. The number of amides is 1. The van der Waals surface area contributed by atoms with Gasteiger partial charge in [0.1, 0.15) is 41.9 Å². The van der Waals surface area contributed by atoms with E-state index in [4.69, 9.17) is 39.6 Å². The highest BCUT2D eigenvalue weighted by Crippen LogP contribution is 2.44. The number of aromatic nitrogens is 4. The molecule has 8 rings (SSSR count). The van der Waals surface area contributed by atoms with Crippen molar-refractivity contribution in [3.05, 3.63) is 173 Å². The lowest BCUT2D eigenvalue weighted by molar-refractivity contribution is -0.0902. The van der Waals surface area contributed by atoms with E-state index in [0.717, 1.165) is 16.7 Å². The number of carbonyl (C=O) groups excluding carboxylic acids is 1. The molecule has 0 bridgehead atoms. The van der Waals surface area contributed by atoms with Gasteiger partial charge in [-0.25, -0.2) is 19.5 Å². The summed E-state index contributed by atoms with van der Waals surface area (Å²) < 4.78 is 52.1. The highest BCUT2D eigenvalue weighted by atomic mass is 35.5. The minimum atomic E-state index is -2.69. The van der Waals surface area contributed by atoms with Crippen molar-refractivity contribution in [2.75, 3.05) is 26.1 Å². The molecule has 1 saturated heterocycles. The fourth-order valence-corrected chi connectivity index (χ4v) is 7.96. The van der Waals surface area contributed by atoms with Crippen LogP contribution in [0.1, 0.15) is 39.7 Å². The van der Waals surface area contributed by atoms with Crippen LogP contribution in [0.15, 0.2) is 146 Å². The Hall–Kier alpha value is -6.21. The molecule has 1 N–H and O–H groups in total. The molecular weight excluding hydrogens is 793 g/mol. The van der Waals surface area contributed by atoms with E-state index in [2.05, 4.69) is 20.3 Å². The van der Waals surface area contributed by atoms with Gasteiger partial charge < -0.3 is 24.3 Å². The van der Waals surface area contributed by atoms with E-state index in [1.807, 2.05) is 84.9 Å². The molecule has 0 saturated carbocycles. The summed E-state index contributed by atoms with van der Waals surface area (Å²) in [5.74, 6) is 1.58. The van der Waals surface area contributed by atoms with Crippen molar-refractivity contribution in [2.45, 2.75) is 30.5 Å². The van der Waals surface area contributed by atoms with E-state index >= 15 is 0 Å². The van der Waals surface area contributed by atoms with Gasteiger partial charge in [-0.1, -0.05) is 84.4 Å². The van der Waals surface area contributed by atoms with Crippen LogP contribution in [0.4, 0.5) is 5.82 Å². The Morgan fingerprint density at radius 2 is 1.39 bits per heavy atom. The van der Waals surface area contributed by atoms with Crippen molar-refractivity contribution in [3.63, 3.8) is 0 Å². The normalized spacial score (nSPS) is 16.7. The smallest absolute Gasteiger partial charge is 0.497 e. The summed E-state index contributed by atoms with van der Waals surface area (Å²) in [6.45, 7) is -0.0295. The number of hydrogen-bond acceptors (Lipinski definition) is 11. The van der Waals surface area contributed by atoms with Crippen LogP contribution >= 0.6 is 19.9 Å². The third-order valence-corrected chi connectivity index (χ3v) is 11.0. The van der Waals surface area contributed by atoms with Gasteiger partial charge in [0.05, 0.1) is 27.2 Å². The summed E-state index contributed by atoms with van der Waals surface area (Å²) in [6, 6.07) is 40.5. The maximum Gasteiger partial charge on any atom is 0.750 e. The number of carbonyl (C=O) groups is 1. The van der Waals surface area contributed by atoms with Crippen LogP contribution in [-0.4, -0.2) is 58.5 Å². The number of fused-ring (bicyclic) bond motifs is 1. The molecule has 7 aromatic rings. The van der Waals surface area contributed by atoms with Crippen molar-refractivity contribution in [1.82, 2.24) is 19.5 Å². The molecule has 1 unspecified atom stereocenters. The maximum absolute atomic E-state index is 13.5. The molecule has 15 heteroatoms. The standard InChI is InChI=1S/C44H37ClN5O8P/c1-53-34-19-13-31(14-20-34)44(30-11-7-4-8-12-30,32-15-21-35(54-2)22-16-32)55-26-38-37(58-59(52)57-36-23-17-33(45)18-24-36)25-39(56-38)50-28-48-40-41(46-27-47-42(40)50)49-43(51)29-9-5-3-6-10-29/h3-24,27-28,37-39H,25-26H2,1-2H3/p+1/t37-,38+,39+/m0/s1. The van der Waals surface area contributed by atoms with Crippen LogP contribution in [0, 0.1) is 0 Å². The van der Waals surface area contributed by atoms with Gasteiger partial charge in [0.25, 0.3) is 5.91 Å². The molecule has 1 aliphatic heterocycles. The van der Waals surface area contributed by atoms with Crippen molar-refractivity contribution >= 4 is 42.7 Å².